The fraction of sp³-hybridized carbons (Fsp3) is 0.667. The van der Waals surface area contributed by atoms with Crippen LogP contribution in [0.15, 0.2) is 12.4 Å². The van der Waals surface area contributed by atoms with Gasteiger partial charge in [-0.2, -0.15) is 5.10 Å². The van der Waals surface area contributed by atoms with Crippen molar-refractivity contribution in [3.05, 3.63) is 12.4 Å². The van der Waals surface area contributed by atoms with Gasteiger partial charge in [0.2, 0.25) is 11.8 Å². The Bertz CT molecular complexity index is 501. The van der Waals surface area contributed by atoms with E-state index in [1.165, 1.54) is 0 Å². The van der Waals surface area contributed by atoms with E-state index in [-0.39, 0.29) is 24.4 Å². The zero-order valence-electron chi connectivity index (χ0n) is 13.2. The van der Waals surface area contributed by atoms with Crippen molar-refractivity contribution in [1.82, 2.24) is 20.0 Å². The Morgan fingerprint density at radius 2 is 2.17 bits per heavy atom. The van der Waals surface area contributed by atoms with Crippen molar-refractivity contribution in [3.63, 3.8) is 0 Å². The van der Waals surface area contributed by atoms with Gasteiger partial charge in [0.25, 0.3) is 0 Å². The number of amides is 2. The molecule has 3 rings (SSSR count). The fourth-order valence-corrected chi connectivity index (χ4v) is 2.87. The summed E-state index contributed by atoms with van der Waals surface area (Å²) in [5.74, 6) is -0.0213. The number of nitrogens with zero attached hydrogens (tertiary/aromatic N) is 3. The van der Waals surface area contributed by atoms with Gasteiger partial charge in [-0.15, -0.1) is 0 Å². The second-order valence-electron chi connectivity index (χ2n) is 5.91. The highest BCUT2D eigenvalue weighted by Gasteiger charge is 2.21. The van der Waals surface area contributed by atoms with E-state index >= 15 is 0 Å². The smallest absolute Gasteiger partial charge is 0.244 e. The van der Waals surface area contributed by atoms with Crippen molar-refractivity contribution in [1.29, 1.82) is 0 Å². The summed E-state index contributed by atoms with van der Waals surface area (Å²) in [6.07, 6.45) is 6.31. The van der Waals surface area contributed by atoms with Crippen LogP contribution in [0.25, 0.3) is 0 Å². The van der Waals surface area contributed by atoms with Crippen molar-refractivity contribution in [3.8, 4) is 0 Å². The van der Waals surface area contributed by atoms with E-state index in [1.54, 1.807) is 22.0 Å². The van der Waals surface area contributed by atoms with Gasteiger partial charge in [0.1, 0.15) is 6.54 Å². The summed E-state index contributed by atoms with van der Waals surface area (Å²) in [6.45, 7) is 3.47. The molecule has 2 amide bonds. The molecule has 0 radical (unpaired) electrons. The standard InChI is InChI=1S/C15H23N5O3/c21-14(19-5-7-23-8-6-19)11-20-10-12(9-17-20)18-15(22)13-3-1-2-4-16-13/h9-10,13,16H,1-8,11H2,(H,18,22). The van der Waals surface area contributed by atoms with Crippen LogP contribution in [0.4, 0.5) is 5.69 Å². The van der Waals surface area contributed by atoms with Crippen LogP contribution in [0.3, 0.4) is 0 Å². The lowest BCUT2D eigenvalue weighted by Crippen LogP contribution is -2.43. The SMILES string of the molecule is O=C(Nc1cnn(CC(=O)N2CCOCC2)c1)C1CCCCN1. The normalized spacial score (nSPS) is 21.9. The molecule has 1 aromatic rings. The monoisotopic (exact) mass is 321 g/mol. The minimum atomic E-state index is -0.137. The van der Waals surface area contributed by atoms with Gasteiger partial charge in [-0.25, -0.2) is 0 Å². The third kappa shape index (κ3) is 4.29. The van der Waals surface area contributed by atoms with Crippen molar-refractivity contribution in [2.75, 3.05) is 38.2 Å². The van der Waals surface area contributed by atoms with Crippen molar-refractivity contribution in [2.24, 2.45) is 0 Å². The Kier molecular flexibility index (Phi) is 5.24. The third-order valence-electron chi connectivity index (χ3n) is 4.19. The molecule has 23 heavy (non-hydrogen) atoms. The lowest BCUT2D eigenvalue weighted by atomic mass is 10.0. The zero-order valence-corrected chi connectivity index (χ0v) is 13.2. The molecule has 2 aliphatic rings. The molecule has 1 aromatic heterocycles. The van der Waals surface area contributed by atoms with Gasteiger partial charge < -0.3 is 20.3 Å². The third-order valence-corrected chi connectivity index (χ3v) is 4.19. The first kappa shape index (κ1) is 15.9. The number of carbonyl (C=O) groups excluding carboxylic acids is 2. The number of hydrogen-bond donors (Lipinski definition) is 2. The molecule has 126 valence electrons. The number of piperidine rings is 1. The maximum atomic E-state index is 12.2. The van der Waals surface area contributed by atoms with Crippen LogP contribution >= 0.6 is 0 Å². The van der Waals surface area contributed by atoms with E-state index in [4.69, 9.17) is 4.74 Å². The molecule has 2 aliphatic heterocycles. The van der Waals surface area contributed by atoms with E-state index < -0.39 is 0 Å². The fourth-order valence-electron chi connectivity index (χ4n) is 2.87. The number of anilines is 1. The molecule has 0 saturated carbocycles. The molecule has 3 heterocycles. The van der Waals surface area contributed by atoms with E-state index in [1.807, 2.05) is 0 Å². The summed E-state index contributed by atoms with van der Waals surface area (Å²) in [7, 11) is 0. The largest absolute Gasteiger partial charge is 0.378 e. The molecular formula is C15H23N5O3. The number of hydrogen-bond acceptors (Lipinski definition) is 5. The van der Waals surface area contributed by atoms with Gasteiger partial charge in [0.05, 0.1) is 31.1 Å². The first-order valence-electron chi connectivity index (χ1n) is 8.14. The summed E-state index contributed by atoms with van der Waals surface area (Å²) in [5.41, 5.74) is 0.622. The van der Waals surface area contributed by atoms with Gasteiger partial charge in [-0.3, -0.25) is 14.3 Å². The molecule has 0 bridgehead atoms. The molecule has 2 fully saturated rings. The second kappa shape index (κ2) is 7.56. The number of nitrogens with one attached hydrogen (secondary N) is 2. The topological polar surface area (TPSA) is 88.5 Å². The first-order chi connectivity index (χ1) is 11.2. The quantitative estimate of drug-likeness (QED) is 0.803. The van der Waals surface area contributed by atoms with Crippen molar-refractivity contribution in [2.45, 2.75) is 31.8 Å². The minimum Gasteiger partial charge on any atom is -0.378 e. The average molecular weight is 321 g/mol. The predicted octanol–water partition coefficient (Wildman–Crippen LogP) is -0.177. The highest BCUT2D eigenvalue weighted by Crippen LogP contribution is 2.11. The molecule has 8 nitrogen and oxygen atoms in total. The summed E-state index contributed by atoms with van der Waals surface area (Å²) in [5, 5.41) is 10.2. The summed E-state index contributed by atoms with van der Waals surface area (Å²) >= 11 is 0. The maximum absolute atomic E-state index is 12.2. The van der Waals surface area contributed by atoms with Crippen LogP contribution < -0.4 is 10.6 Å². The van der Waals surface area contributed by atoms with E-state index in [2.05, 4.69) is 15.7 Å². The molecule has 2 saturated heterocycles. The summed E-state index contributed by atoms with van der Waals surface area (Å²) in [6, 6.07) is -0.137. The van der Waals surface area contributed by atoms with Crippen LogP contribution in [0.5, 0.6) is 0 Å². The van der Waals surface area contributed by atoms with Crippen LogP contribution in [0, 0.1) is 0 Å². The number of carbonyl (C=O) groups is 2. The molecular weight excluding hydrogens is 298 g/mol. The Morgan fingerprint density at radius 3 is 2.91 bits per heavy atom. The van der Waals surface area contributed by atoms with Crippen LogP contribution in [-0.4, -0.2) is 65.4 Å². The lowest BCUT2D eigenvalue weighted by Gasteiger charge is -2.26. The Hall–Kier alpha value is -1.93. The molecule has 0 aromatic carbocycles. The molecule has 0 aliphatic carbocycles. The number of ether oxygens (including phenoxy) is 1. The summed E-state index contributed by atoms with van der Waals surface area (Å²) < 4.78 is 6.79. The van der Waals surface area contributed by atoms with Gasteiger partial charge in [-0.05, 0) is 19.4 Å². The second-order valence-corrected chi connectivity index (χ2v) is 5.91. The Morgan fingerprint density at radius 1 is 1.35 bits per heavy atom. The van der Waals surface area contributed by atoms with E-state index in [0.717, 1.165) is 25.8 Å². The Balaban J connectivity index is 1.51. The van der Waals surface area contributed by atoms with Crippen molar-refractivity contribution >= 4 is 17.5 Å². The molecule has 1 atom stereocenters. The zero-order chi connectivity index (χ0) is 16.1. The van der Waals surface area contributed by atoms with Crippen molar-refractivity contribution < 1.29 is 14.3 Å². The number of aromatic nitrogens is 2. The predicted molar refractivity (Wildman–Crippen MR) is 83.9 cm³/mol. The van der Waals surface area contributed by atoms with Crippen LogP contribution in [0.1, 0.15) is 19.3 Å². The molecule has 1 unspecified atom stereocenters. The number of morpholine rings is 1. The lowest BCUT2D eigenvalue weighted by molar-refractivity contribution is -0.136. The minimum absolute atomic E-state index is 0.0169. The molecule has 8 heteroatoms. The van der Waals surface area contributed by atoms with Gasteiger partial charge in [-0.1, -0.05) is 6.42 Å². The van der Waals surface area contributed by atoms with E-state index in [0.29, 0.717) is 32.0 Å². The van der Waals surface area contributed by atoms with Gasteiger partial charge in [0.15, 0.2) is 0 Å². The molecule has 0 spiro atoms. The number of rotatable bonds is 4. The highest BCUT2D eigenvalue weighted by atomic mass is 16.5. The van der Waals surface area contributed by atoms with Gasteiger partial charge in [0, 0.05) is 19.3 Å². The van der Waals surface area contributed by atoms with Crippen LogP contribution in [-0.2, 0) is 20.9 Å². The maximum Gasteiger partial charge on any atom is 0.244 e. The average Bonchev–Trinajstić information content (AvgIpc) is 3.03. The highest BCUT2D eigenvalue weighted by molar-refractivity contribution is 5.94. The van der Waals surface area contributed by atoms with Gasteiger partial charge >= 0.3 is 0 Å². The van der Waals surface area contributed by atoms with E-state index in [9.17, 15) is 9.59 Å². The Labute approximate surface area is 135 Å². The van der Waals surface area contributed by atoms with Crippen LogP contribution in [0.2, 0.25) is 0 Å². The summed E-state index contributed by atoms with van der Waals surface area (Å²) in [4.78, 5) is 26.1. The first-order valence-corrected chi connectivity index (χ1v) is 8.14. The molecule has 2 N–H and O–H groups in total.